The van der Waals surface area contributed by atoms with Crippen molar-refractivity contribution < 1.29 is 5.21 Å². The molecule has 0 aromatic heterocycles. The summed E-state index contributed by atoms with van der Waals surface area (Å²) in [6.45, 7) is 5.00. The van der Waals surface area contributed by atoms with Gasteiger partial charge in [-0.25, -0.2) is 0 Å². The molecule has 0 bridgehead atoms. The van der Waals surface area contributed by atoms with Crippen molar-refractivity contribution in [3.05, 3.63) is 0 Å². The van der Waals surface area contributed by atoms with Crippen LogP contribution in [0.4, 0.5) is 0 Å². The van der Waals surface area contributed by atoms with E-state index in [1.807, 2.05) is 14.0 Å². The molecule has 0 aromatic carbocycles. The molecule has 0 rings (SSSR count). The Morgan fingerprint density at radius 1 is 1.78 bits per heavy atom. The minimum Gasteiger partial charge on any atom is -0.411 e. The quantitative estimate of drug-likeness (QED) is 0.348. The summed E-state index contributed by atoms with van der Waals surface area (Å²) in [4.78, 5) is 2.07. The van der Waals surface area contributed by atoms with Crippen LogP contribution in [-0.2, 0) is 0 Å². The molecular formula is C6H14N2O. The number of rotatable bonds is 3. The monoisotopic (exact) mass is 130 g/mol. The van der Waals surface area contributed by atoms with Gasteiger partial charge < -0.3 is 5.21 Å². The summed E-state index contributed by atoms with van der Waals surface area (Å²) in [6.07, 6.45) is 1.50. The third-order valence-electron chi connectivity index (χ3n) is 1.48. The predicted molar refractivity (Wildman–Crippen MR) is 38.0 cm³/mol. The standard InChI is InChI=1S/C6H14N2O/c1-4-8(3)6(2)5-7-9/h5-6,9H,4H2,1-3H3/b7-5+. The SMILES string of the molecule is CCN(C)C(C)/C=N/O. The molecule has 0 spiro atoms. The number of oxime groups is 1. The highest BCUT2D eigenvalue weighted by molar-refractivity contribution is 5.62. The van der Waals surface area contributed by atoms with Gasteiger partial charge in [-0.1, -0.05) is 6.92 Å². The highest BCUT2D eigenvalue weighted by Crippen LogP contribution is 1.89. The molecule has 0 aliphatic carbocycles. The predicted octanol–water partition coefficient (Wildman–Crippen LogP) is 0.787. The molecule has 0 fully saturated rings. The van der Waals surface area contributed by atoms with Crippen molar-refractivity contribution in [1.82, 2.24) is 4.90 Å². The van der Waals surface area contributed by atoms with E-state index in [0.29, 0.717) is 0 Å². The van der Waals surface area contributed by atoms with E-state index in [2.05, 4.69) is 17.0 Å². The molecule has 3 nitrogen and oxygen atoms in total. The summed E-state index contributed by atoms with van der Waals surface area (Å²) in [5.74, 6) is 0. The van der Waals surface area contributed by atoms with Crippen LogP contribution in [-0.4, -0.2) is 36.0 Å². The maximum atomic E-state index is 8.12. The minimum atomic E-state index is 0.222. The summed E-state index contributed by atoms with van der Waals surface area (Å²) in [7, 11) is 1.98. The lowest BCUT2D eigenvalue weighted by molar-refractivity contribution is 0.299. The van der Waals surface area contributed by atoms with Gasteiger partial charge in [0, 0.05) is 6.04 Å². The van der Waals surface area contributed by atoms with Crippen LogP contribution in [0.5, 0.6) is 0 Å². The molecule has 1 N–H and O–H groups in total. The number of hydrogen-bond acceptors (Lipinski definition) is 3. The van der Waals surface area contributed by atoms with E-state index in [4.69, 9.17) is 5.21 Å². The molecule has 9 heavy (non-hydrogen) atoms. The minimum absolute atomic E-state index is 0.222. The Morgan fingerprint density at radius 3 is 2.67 bits per heavy atom. The average molecular weight is 130 g/mol. The molecule has 0 heterocycles. The van der Waals surface area contributed by atoms with Crippen molar-refractivity contribution in [1.29, 1.82) is 0 Å². The van der Waals surface area contributed by atoms with Gasteiger partial charge in [-0.05, 0) is 20.5 Å². The lowest BCUT2D eigenvalue weighted by Crippen LogP contribution is -2.29. The molecule has 0 aromatic rings. The molecule has 3 heteroatoms. The van der Waals surface area contributed by atoms with Crippen LogP contribution in [0.25, 0.3) is 0 Å². The van der Waals surface area contributed by atoms with Crippen molar-refractivity contribution in [2.45, 2.75) is 19.9 Å². The molecule has 0 aliphatic rings. The van der Waals surface area contributed by atoms with Gasteiger partial charge in [0.05, 0.1) is 6.21 Å². The molecule has 0 aliphatic heterocycles. The van der Waals surface area contributed by atoms with Crippen LogP contribution in [0.15, 0.2) is 5.16 Å². The average Bonchev–Trinajstić information content (AvgIpc) is 1.87. The third-order valence-corrected chi connectivity index (χ3v) is 1.48. The molecule has 0 saturated carbocycles. The third kappa shape index (κ3) is 3.08. The van der Waals surface area contributed by atoms with Gasteiger partial charge >= 0.3 is 0 Å². The lowest BCUT2D eigenvalue weighted by atomic mass is 10.3. The van der Waals surface area contributed by atoms with E-state index in [0.717, 1.165) is 6.54 Å². The van der Waals surface area contributed by atoms with E-state index in [9.17, 15) is 0 Å². The molecule has 0 saturated heterocycles. The van der Waals surface area contributed by atoms with Crippen molar-refractivity contribution in [2.75, 3.05) is 13.6 Å². The van der Waals surface area contributed by atoms with E-state index < -0.39 is 0 Å². The Hall–Kier alpha value is -0.570. The Bertz CT molecular complexity index is 93.1. The van der Waals surface area contributed by atoms with Gasteiger partial charge in [0.15, 0.2) is 0 Å². The van der Waals surface area contributed by atoms with E-state index in [-0.39, 0.29) is 6.04 Å². The Kier molecular flexibility index (Phi) is 4.05. The molecule has 0 radical (unpaired) electrons. The zero-order valence-electron chi connectivity index (χ0n) is 6.20. The van der Waals surface area contributed by atoms with Crippen molar-refractivity contribution in [2.24, 2.45) is 5.16 Å². The lowest BCUT2D eigenvalue weighted by Gasteiger charge is -2.17. The normalized spacial score (nSPS) is 15.1. The second-order valence-electron chi connectivity index (χ2n) is 2.08. The topological polar surface area (TPSA) is 35.8 Å². The second-order valence-corrected chi connectivity index (χ2v) is 2.08. The van der Waals surface area contributed by atoms with E-state index in [1.165, 1.54) is 6.21 Å². The van der Waals surface area contributed by atoms with Gasteiger partial charge in [-0.2, -0.15) is 0 Å². The zero-order valence-corrected chi connectivity index (χ0v) is 6.20. The summed E-state index contributed by atoms with van der Waals surface area (Å²) >= 11 is 0. The molecule has 54 valence electrons. The largest absolute Gasteiger partial charge is 0.411 e. The van der Waals surface area contributed by atoms with Crippen molar-refractivity contribution in [3.63, 3.8) is 0 Å². The van der Waals surface area contributed by atoms with Gasteiger partial charge in [-0.15, -0.1) is 5.16 Å². The Morgan fingerprint density at radius 2 is 2.33 bits per heavy atom. The summed E-state index contributed by atoms with van der Waals surface area (Å²) in [6, 6.07) is 0.222. The van der Waals surface area contributed by atoms with Gasteiger partial charge in [-0.3, -0.25) is 4.90 Å². The molecule has 1 unspecified atom stereocenters. The number of nitrogens with zero attached hydrogens (tertiary/aromatic N) is 2. The molecule has 0 amide bonds. The van der Waals surface area contributed by atoms with Crippen LogP contribution in [0.1, 0.15) is 13.8 Å². The molecule has 1 atom stereocenters. The highest BCUT2D eigenvalue weighted by atomic mass is 16.4. The fraction of sp³-hybridized carbons (Fsp3) is 0.833. The van der Waals surface area contributed by atoms with Gasteiger partial charge in [0.2, 0.25) is 0 Å². The van der Waals surface area contributed by atoms with Gasteiger partial charge in [0.25, 0.3) is 0 Å². The fourth-order valence-corrected chi connectivity index (χ4v) is 0.498. The first kappa shape index (κ1) is 8.43. The van der Waals surface area contributed by atoms with E-state index >= 15 is 0 Å². The smallest absolute Gasteiger partial charge is 0.0604 e. The second kappa shape index (κ2) is 4.32. The first-order valence-electron chi connectivity index (χ1n) is 3.10. The van der Waals surface area contributed by atoms with Crippen LogP contribution in [0.3, 0.4) is 0 Å². The molecular weight excluding hydrogens is 116 g/mol. The Labute approximate surface area is 56.0 Å². The maximum absolute atomic E-state index is 8.12. The van der Waals surface area contributed by atoms with Crippen LogP contribution < -0.4 is 0 Å². The van der Waals surface area contributed by atoms with E-state index in [1.54, 1.807) is 0 Å². The Balaban J connectivity index is 3.58. The summed E-state index contributed by atoms with van der Waals surface area (Å²) in [5.41, 5.74) is 0. The van der Waals surface area contributed by atoms with Crippen LogP contribution >= 0.6 is 0 Å². The first-order valence-corrected chi connectivity index (χ1v) is 3.10. The number of hydrogen-bond donors (Lipinski definition) is 1. The first-order chi connectivity index (χ1) is 4.22. The van der Waals surface area contributed by atoms with Crippen LogP contribution in [0.2, 0.25) is 0 Å². The summed E-state index contributed by atoms with van der Waals surface area (Å²) < 4.78 is 0. The fourth-order valence-electron chi connectivity index (χ4n) is 0.498. The van der Waals surface area contributed by atoms with Crippen molar-refractivity contribution in [3.8, 4) is 0 Å². The summed E-state index contributed by atoms with van der Waals surface area (Å²) in [5, 5.41) is 11.1. The highest BCUT2D eigenvalue weighted by Gasteiger charge is 2.01. The zero-order chi connectivity index (χ0) is 7.28. The van der Waals surface area contributed by atoms with Gasteiger partial charge in [0.1, 0.15) is 0 Å². The maximum Gasteiger partial charge on any atom is 0.0604 e. The van der Waals surface area contributed by atoms with Crippen molar-refractivity contribution >= 4 is 6.21 Å². The van der Waals surface area contributed by atoms with Crippen LogP contribution in [0, 0.1) is 0 Å².